The Morgan fingerprint density at radius 3 is 2.45 bits per heavy atom. The van der Waals surface area contributed by atoms with Gasteiger partial charge in [0.15, 0.2) is 0 Å². The minimum Gasteiger partial charge on any atom is -0.496 e. The lowest BCUT2D eigenvalue weighted by Crippen LogP contribution is -2.20. The molecule has 0 aliphatic rings. The topological polar surface area (TPSA) is 71.6 Å². The zero-order chi connectivity index (χ0) is 24.1. The van der Waals surface area contributed by atoms with Crippen LogP contribution in [0.25, 0.3) is 17.0 Å². The first-order valence-electron chi connectivity index (χ1n) is 11.0. The number of nitrogens with zero attached hydrogens (tertiary/aromatic N) is 1. The van der Waals surface area contributed by atoms with Crippen LogP contribution in [0.1, 0.15) is 53.2 Å². The molecule has 0 aliphatic carbocycles. The van der Waals surface area contributed by atoms with Crippen LogP contribution in [0, 0.1) is 5.92 Å². The summed E-state index contributed by atoms with van der Waals surface area (Å²) in [7, 11) is 6.50. The summed E-state index contributed by atoms with van der Waals surface area (Å²) in [4.78, 5) is 28.8. The van der Waals surface area contributed by atoms with Gasteiger partial charge in [-0.3, -0.25) is 4.79 Å². The molecule has 3 rings (SSSR count). The summed E-state index contributed by atoms with van der Waals surface area (Å²) in [5.74, 6) is 0.659. The van der Waals surface area contributed by atoms with Gasteiger partial charge >= 0.3 is 5.97 Å². The Kier molecular flexibility index (Phi) is 7.59. The van der Waals surface area contributed by atoms with Crippen LogP contribution in [0.15, 0.2) is 48.7 Å². The van der Waals surface area contributed by atoms with Crippen molar-refractivity contribution in [2.45, 2.75) is 26.2 Å². The second kappa shape index (κ2) is 10.4. The summed E-state index contributed by atoms with van der Waals surface area (Å²) in [5, 5.41) is 1.12. The van der Waals surface area contributed by atoms with Gasteiger partial charge in [-0.05, 0) is 41.3 Å². The Morgan fingerprint density at radius 2 is 1.82 bits per heavy atom. The number of hydrogen-bond donors (Lipinski definition) is 1. The molecule has 1 heterocycles. The highest BCUT2D eigenvalue weighted by molar-refractivity contribution is 5.90. The Bertz CT molecular complexity index is 1170. The Balaban J connectivity index is 2.03. The van der Waals surface area contributed by atoms with Gasteiger partial charge in [0, 0.05) is 49.1 Å². The zero-order valence-corrected chi connectivity index (χ0v) is 20.1. The van der Waals surface area contributed by atoms with Gasteiger partial charge in [-0.15, -0.1) is 0 Å². The SMILES string of the molecule is COC(=O)c1ccc(C(c2c[nH]c3ccc(/C=C/CC(=O)N(C)C)cc23)C(C)C)c(OC)c1. The lowest BCUT2D eigenvalue weighted by Gasteiger charge is -2.24. The molecule has 0 radical (unpaired) electrons. The lowest BCUT2D eigenvalue weighted by atomic mass is 9.81. The van der Waals surface area contributed by atoms with Crippen LogP contribution in [0.4, 0.5) is 0 Å². The molecule has 6 heteroatoms. The van der Waals surface area contributed by atoms with Crippen molar-refractivity contribution in [1.82, 2.24) is 9.88 Å². The van der Waals surface area contributed by atoms with E-state index in [1.807, 2.05) is 30.5 Å². The molecule has 1 aromatic heterocycles. The van der Waals surface area contributed by atoms with E-state index in [0.717, 1.165) is 27.6 Å². The zero-order valence-electron chi connectivity index (χ0n) is 20.1. The van der Waals surface area contributed by atoms with Gasteiger partial charge in [-0.1, -0.05) is 38.1 Å². The smallest absolute Gasteiger partial charge is 0.337 e. The molecule has 1 atom stereocenters. The number of aromatic amines is 1. The predicted octanol–water partition coefficient (Wildman–Crippen LogP) is 5.24. The number of benzene rings is 2. The molecular formula is C27H32N2O4. The summed E-state index contributed by atoms with van der Waals surface area (Å²) in [6, 6.07) is 11.7. The minimum atomic E-state index is -0.391. The van der Waals surface area contributed by atoms with Crippen molar-refractivity contribution >= 4 is 28.9 Å². The van der Waals surface area contributed by atoms with Crippen molar-refractivity contribution < 1.29 is 19.1 Å². The number of amides is 1. The third-order valence-corrected chi connectivity index (χ3v) is 5.83. The van der Waals surface area contributed by atoms with Crippen molar-refractivity contribution in [3.63, 3.8) is 0 Å². The van der Waals surface area contributed by atoms with Crippen LogP contribution in [-0.2, 0) is 9.53 Å². The molecule has 0 saturated carbocycles. The molecule has 2 aromatic carbocycles. The Labute approximate surface area is 195 Å². The molecule has 6 nitrogen and oxygen atoms in total. The number of carbonyl (C=O) groups is 2. The van der Waals surface area contributed by atoms with Gasteiger partial charge in [0.2, 0.25) is 5.91 Å². The minimum absolute atomic E-state index is 0.0509. The standard InChI is InChI=1S/C27H32N2O4/c1-17(2)26(20-12-11-19(27(31)33-6)15-24(20)32-5)22-16-28-23-13-10-18(14-21(22)23)8-7-9-25(30)29(3)4/h7-8,10-17,26,28H,9H2,1-6H3/b8-7+. The molecule has 0 saturated heterocycles. The second-order valence-electron chi connectivity index (χ2n) is 8.61. The van der Waals surface area contributed by atoms with E-state index in [9.17, 15) is 9.59 Å². The number of methoxy groups -OCH3 is 2. The molecule has 1 N–H and O–H groups in total. The number of esters is 1. The number of hydrogen-bond acceptors (Lipinski definition) is 4. The molecule has 0 spiro atoms. The normalized spacial score (nSPS) is 12.3. The third kappa shape index (κ3) is 5.28. The van der Waals surface area contributed by atoms with E-state index in [1.165, 1.54) is 7.11 Å². The van der Waals surface area contributed by atoms with Crippen molar-refractivity contribution in [3.8, 4) is 5.75 Å². The summed E-state index contributed by atoms with van der Waals surface area (Å²) >= 11 is 0. The average Bonchev–Trinajstić information content (AvgIpc) is 3.21. The number of aromatic nitrogens is 1. The first-order chi connectivity index (χ1) is 15.8. The quantitative estimate of drug-likeness (QED) is 0.478. The molecule has 0 fully saturated rings. The monoisotopic (exact) mass is 448 g/mol. The van der Waals surface area contributed by atoms with Crippen LogP contribution in [0.5, 0.6) is 5.75 Å². The van der Waals surface area contributed by atoms with Gasteiger partial charge in [0.05, 0.1) is 19.8 Å². The molecule has 0 bridgehead atoms. The van der Waals surface area contributed by atoms with Crippen LogP contribution >= 0.6 is 0 Å². The van der Waals surface area contributed by atoms with Crippen molar-refractivity contribution in [2.75, 3.05) is 28.3 Å². The van der Waals surface area contributed by atoms with E-state index in [2.05, 4.69) is 31.0 Å². The number of H-pyrrole nitrogens is 1. The van der Waals surface area contributed by atoms with Gasteiger partial charge in [-0.25, -0.2) is 4.79 Å². The van der Waals surface area contributed by atoms with E-state index < -0.39 is 5.97 Å². The highest BCUT2D eigenvalue weighted by Crippen LogP contribution is 2.41. The van der Waals surface area contributed by atoms with Gasteiger partial charge in [0.1, 0.15) is 5.75 Å². The maximum Gasteiger partial charge on any atom is 0.337 e. The van der Waals surface area contributed by atoms with Crippen molar-refractivity contribution in [1.29, 1.82) is 0 Å². The lowest BCUT2D eigenvalue weighted by molar-refractivity contribution is -0.127. The first kappa shape index (κ1) is 24.1. The highest BCUT2D eigenvalue weighted by atomic mass is 16.5. The number of fused-ring (bicyclic) bond motifs is 1. The fraction of sp³-hybridized carbons (Fsp3) is 0.333. The Hall–Kier alpha value is -3.54. The number of rotatable bonds is 8. The van der Waals surface area contributed by atoms with E-state index >= 15 is 0 Å². The number of carbonyl (C=O) groups excluding carboxylic acids is 2. The summed E-state index contributed by atoms with van der Waals surface area (Å²) in [6.07, 6.45) is 6.29. The molecule has 1 amide bonds. The Morgan fingerprint density at radius 1 is 1.06 bits per heavy atom. The molecule has 0 aliphatic heterocycles. The van der Waals surface area contributed by atoms with Crippen LogP contribution in [0.3, 0.4) is 0 Å². The van der Waals surface area contributed by atoms with Crippen LogP contribution in [-0.4, -0.2) is 50.1 Å². The van der Waals surface area contributed by atoms with Gasteiger partial charge in [0.25, 0.3) is 0 Å². The van der Waals surface area contributed by atoms with Crippen molar-refractivity contribution in [3.05, 3.63) is 70.9 Å². The molecule has 33 heavy (non-hydrogen) atoms. The second-order valence-corrected chi connectivity index (χ2v) is 8.61. The summed E-state index contributed by atoms with van der Waals surface area (Å²) in [6.45, 7) is 4.35. The fourth-order valence-corrected chi connectivity index (χ4v) is 4.10. The number of ether oxygens (including phenoxy) is 2. The molecule has 1 unspecified atom stereocenters. The maximum absolute atomic E-state index is 12.0. The van der Waals surface area contributed by atoms with Crippen LogP contribution < -0.4 is 4.74 Å². The van der Waals surface area contributed by atoms with Gasteiger partial charge < -0.3 is 19.4 Å². The van der Waals surface area contributed by atoms with Gasteiger partial charge in [-0.2, -0.15) is 0 Å². The highest BCUT2D eigenvalue weighted by Gasteiger charge is 2.25. The molecule has 174 valence electrons. The van der Waals surface area contributed by atoms with E-state index in [1.54, 1.807) is 38.2 Å². The molecule has 3 aromatic rings. The predicted molar refractivity (Wildman–Crippen MR) is 132 cm³/mol. The summed E-state index contributed by atoms with van der Waals surface area (Å²) < 4.78 is 10.5. The maximum atomic E-state index is 12.0. The van der Waals surface area contributed by atoms with Crippen LogP contribution in [0.2, 0.25) is 0 Å². The number of nitrogens with one attached hydrogen (secondary N) is 1. The average molecular weight is 449 g/mol. The fourth-order valence-electron chi connectivity index (χ4n) is 4.10. The molecular weight excluding hydrogens is 416 g/mol. The summed E-state index contributed by atoms with van der Waals surface area (Å²) in [5.41, 5.74) is 4.70. The van der Waals surface area contributed by atoms with E-state index in [4.69, 9.17) is 9.47 Å². The van der Waals surface area contributed by atoms with E-state index in [0.29, 0.717) is 17.7 Å². The first-order valence-corrected chi connectivity index (χ1v) is 11.0. The van der Waals surface area contributed by atoms with E-state index in [-0.39, 0.29) is 17.7 Å². The third-order valence-electron chi connectivity index (χ3n) is 5.83. The van der Waals surface area contributed by atoms with Crippen molar-refractivity contribution in [2.24, 2.45) is 5.92 Å². The largest absolute Gasteiger partial charge is 0.496 e.